The molecule has 1 heterocycles. The minimum Gasteiger partial charge on any atom is -0.481 e. The van der Waals surface area contributed by atoms with Crippen LogP contribution in [0.2, 0.25) is 0 Å². The molecule has 29 heavy (non-hydrogen) atoms. The number of aryl methyl sites for hydroxylation is 1. The van der Waals surface area contributed by atoms with Crippen molar-refractivity contribution in [3.05, 3.63) is 36.0 Å². The van der Waals surface area contributed by atoms with Crippen molar-refractivity contribution in [2.45, 2.75) is 32.4 Å². The summed E-state index contributed by atoms with van der Waals surface area (Å²) in [6.45, 7) is 1.98. The van der Waals surface area contributed by atoms with E-state index >= 15 is 0 Å². The van der Waals surface area contributed by atoms with Gasteiger partial charge in [-0.25, -0.2) is 4.39 Å². The summed E-state index contributed by atoms with van der Waals surface area (Å²) in [6, 6.07) is 6.57. The molecule has 1 aromatic carbocycles. The van der Waals surface area contributed by atoms with E-state index in [4.69, 9.17) is 5.11 Å². The average molecular weight is 405 g/mol. The lowest BCUT2D eigenvalue weighted by Crippen LogP contribution is -2.54. The molecule has 0 aliphatic heterocycles. The standard InChI is InChI=1S/C20H24FN3O5/c1-11(2)18(20(29)22-13(9-17(26)27)16(25)10-21)23-19(28)15-8-12-6-4-5-7-14(12)24(15)3/h4-8,11,13,18H,9-10H2,1-3H3,(H,22,29)(H,23,28)(H,26,27)/t13?,18-/m0/s1. The van der Waals surface area contributed by atoms with Gasteiger partial charge < -0.3 is 20.3 Å². The van der Waals surface area contributed by atoms with Gasteiger partial charge in [0, 0.05) is 18.0 Å². The fraction of sp³-hybridized carbons (Fsp3) is 0.400. The molecule has 0 saturated carbocycles. The van der Waals surface area contributed by atoms with Gasteiger partial charge in [0.2, 0.25) is 5.91 Å². The highest BCUT2D eigenvalue weighted by Gasteiger charge is 2.30. The number of nitrogens with one attached hydrogen (secondary N) is 2. The number of carbonyl (C=O) groups excluding carboxylic acids is 3. The predicted molar refractivity (Wildman–Crippen MR) is 104 cm³/mol. The molecule has 156 valence electrons. The van der Waals surface area contributed by atoms with E-state index in [-0.39, 0.29) is 5.92 Å². The number of halogens is 1. The van der Waals surface area contributed by atoms with Crippen molar-refractivity contribution in [2.75, 3.05) is 6.67 Å². The Kier molecular flexibility index (Phi) is 7.08. The molecule has 0 aliphatic rings. The zero-order valence-corrected chi connectivity index (χ0v) is 16.4. The van der Waals surface area contributed by atoms with Crippen molar-refractivity contribution >= 4 is 34.5 Å². The predicted octanol–water partition coefficient (Wildman–Crippen LogP) is 1.43. The lowest BCUT2D eigenvalue weighted by molar-refractivity contribution is -0.140. The quantitative estimate of drug-likeness (QED) is 0.583. The summed E-state index contributed by atoms with van der Waals surface area (Å²) < 4.78 is 14.4. The molecule has 8 nitrogen and oxygen atoms in total. The third-order valence-electron chi connectivity index (χ3n) is 4.64. The Bertz CT molecular complexity index is 937. The summed E-state index contributed by atoms with van der Waals surface area (Å²) in [4.78, 5) is 47.9. The maximum atomic E-state index is 12.8. The fourth-order valence-electron chi connectivity index (χ4n) is 3.03. The van der Waals surface area contributed by atoms with E-state index in [1.807, 2.05) is 24.3 Å². The van der Waals surface area contributed by atoms with Crippen molar-refractivity contribution in [1.29, 1.82) is 0 Å². The van der Waals surface area contributed by atoms with Gasteiger partial charge in [-0.2, -0.15) is 0 Å². The van der Waals surface area contributed by atoms with Crippen LogP contribution in [0.15, 0.2) is 30.3 Å². The molecule has 1 aromatic heterocycles. The summed E-state index contributed by atoms with van der Waals surface area (Å²) in [7, 11) is 1.73. The first-order valence-corrected chi connectivity index (χ1v) is 9.11. The topological polar surface area (TPSA) is 118 Å². The number of hydrogen-bond donors (Lipinski definition) is 3. The van der Waals surface area contributed by atoms with Crippen LogP contribution in [0.25, 0.3) is 10.9 Å². The minimum atomic E-state index is -1.50. The number of para-hydroxylation sites is 1. The van der Waals surface area contributed by atoms with Crippen LogP contribution in [0.4, 0.5) is 4.39 Å². The average Bonchev–Trinajstić information content (AvgIpc) is 3.01. The maximum Gasteiger partial charge on any atom is 0.305 e. The van der Waals surface area contributed by atoms with Crippen LogP contribution in [0.5, 0.6) is 0 Å². The van der Waals surface area contributed by atoms with Crippen LogP contribution in [0.3, 0.4) is 0 Å². The number of Topliss-reactive ketones (excluding diaryl/α,β-unsaturated/α-hetero) is 1. The number of carboxylic acid groups (broad SMARTS) is 1. The van der Waals surface area contributed by atoms with Gasteiger partial charge in [-0.3, -0.25) is 19.2 Å². The van der Waals surface area contributed by atoms with E-state index in [9.17, 15) is 23.6 Å². The van der Waals surface area contributed by atoms with Gasteiger partial charge >= 0.3 is 5.97 Å². The lowest BCUT2D eigenvalue weighted by atomic mass is 10.0. The fourth-order valence-corrected chi connectivity index (χ4v) is 3.03. The molecule has 0 spiro atoms. The molecular weight excluding hydrogens is 381 g/mol. The number of rotatable bonds is 9. The van der Waals surface area contributed by atoms with Gasteiger partial charge in [0.15, 0.2) is 5.78 Å². The number of carbonyl (C=O) groups is 4. The zero-order valence-electron chi connectivity index (χ0n) is 16.4. The summed E-state index contributed by atoms with van der Waals surface area (Å²) >= 11 is 0. The third kappa shape index (κ3) is 5.18. The summed E-state index contributed by atoms with van der Waals surface area (Å²) in [6.07, 6.45) is -0.740. The number of hydrogen-bond acceptors (Lipinski definition) is 4. The summed E-state index contributed by atoms with van der Waals surface area (Å²) in [5, 5.41) is 14.6. The number of carboxylic acids is 1. The van der Waals surface area contributed by atoms with Crippen LogP contribution in [-0.2, 0) is 21.4 Å². The molecule has 0 radical (unpaired) electrons. The number of amides is 2. The van der Waals surface area contributed by atoms with E-state index < -0.39 is 48.7 Å². The Morgan fingerprint density at radius 1 is 1.14 bits per heavy atom. The number of ketones is 1. The highest BCUT2D eigenvalue weighted by Crippen LogP contribution is 2.18. The molecule has 2 aromatic rings. The number of alkyl halides is 1. The second-order valence-corrected chi connectivity index (χ2v) is 7.10. The Balaban J connectivity index is 2.20. The monoisotopic (exact) mass is 405 g/mol. The van der Waals surface area contributed by atoms with Crippen molar-refractivity contribution < 1.29 is 28.7 Å². The van der Waals surface area contributed by atoms with E-state index in [1.165, 1.54) is 0 Å². The highest BCUT2D eigenvalue weighted by atomic mass is 19.1. The zero-order chi connectivity index (χ0) is 21.7. The molecule has 2 amide bonds. The molecular formula is C20H24FN3O5. The van der Waals surface area contributed by atoms with Crippen LogP contribution >= 0.6 is 0 Å². The number of aliphatic carboxylic acids is 1. The van der Waals surface area contributed by atoms with E-state index in [2.05, 4.69) is 10.6 Å². The van der Waals surface area contributed by atoms with E-state index in [0.717, 1.165) is 10.9 Å². The van der Waals surface area contributed by atoms with Gasteiger partial charge in [0.25, 0.3) is 5.91 Å². The first kappa shape index (κ1) is 22.1. The van der Waals surface area contributed by atoms with E-state index in [0.29, 0.717) is 5.69 Å². The Morgan fingerprint density at radius 3 is 2.34 bits per heavy atom. The second-order valence-electron chi connectivity index (χ2n) is 7.10. The van der Waals surface area contributed by atoms with Crippen LogP contribution in [0.1, 0.15) is 30.8 Å². The molecule has 1 unspecified atom stereocenters. The smallest absolute Gasteiger partial charge is 0.305 e. The molecule has 9 heteroatoms. The summed E-state index contributed by atoms with van der Waals surface area (Å²) in [5.41, 5.74) is 1.19. The van der Waals surface area contributed by atoms with Gasteiger partial charge in [-0.15, -0.1) is 0 Å². The number of aromatic nitrogens is 1. The van der Waals surface area contributed by atoms with Crippen molar-refractivity contribution in [1.82, 2.24) is 15.2 Å². The van der Waals surface area contributed by atoms with Crippen molar-refractivity contribution in [2.24, 2.45) is 13.0 Å². The maximum absolute atomic E-state index is 12.8. The van der Waals surface area contributed by atoms with Gasteiger partial charge in [0.1, 0.15) is 24.5 Å². The first-order chi connectivity index (χ1) is 13.6. The third-order valence-corrected chi connectivity index (χ3v) is 4.64. The minimum absolute atomic E-state index is 0.339. The normalized spacial score (nSPS) is 13.1. The molecule has 2 rings (SSSR count). The number of nitrogens with zero attached hydrogens (tertiary/aromatic N) is 1. The molecule has 3 N–H and O–H groups in total. The Hall–Kier alpha value is -3.23. The summed E-state index contributed by atoms with van der Waals surface area (Å²) in [5.74, 6) is -4.00. The first-order valence-electron chi connectivity index (χ1n) is 9.11. The van der Waals surface area contributed by atoms with E-state index in [1.54, 1.807) is 31.5 Å². The molecule has 0 fully saturated rings. The lowest BCUT2D eigenvalue weighted by Gasteiger charge is -2.24. The molecule has 0 saturated heterocycles. The number of fused-ring (bicyclic) bond motifs is 1. The Morgan fingerprint density at radius 2 is 1.79 bits per heavy atom. The SMILES string of the molecule is CC(C)[C@H](NC(=O)c1cc2ccccc2n1C)C(=O)NC(CC(=O)O)C(=O)CF. The van der Waals surface area contributed by atoms with Crippen LogP contribution in [0, 0.1) is 5.92 Å². The number of benzene rings is 1. The van der Waals surface area contributed by atoms with Crippen molar-refractivity contribution in [3.8, 4) is 0 Å². The van der Waals surface area contributed by atoms with Gasteiger partial charge in [-0.05, 0) is 18.1 Å². The van der Waals surface area contributed by atoms with Crippen molar-refractivity contribution in [3.63, 3.8) is 0 Å². The Labute approximate surface area is 167 Å². The van der Waals surface area contributed by atoms with Gasteiger partial charge in [0.05, 0.1) is 6.42 Å². The van der Waals surface area contributed by atoms with Crippen LogP contribution < -0.4 is 10.6 Å². The van der Waals surface area contributed by atoms with Gasteiger partial charge in [-0.1, -0.05) is 32.0 Å². The largest absolute Gasteiger partial charge is 0.481 e. The molecule has 0 aliphatic carbocycles. The molecule has 2 atom stereocenters. The highest BCUT2D eigenvalue weighted by molar-refractivity contribution is 6.01. The second kappa shape index (κ2) is 9.31. The van der Waals surface area contributed by atoms with Crippen LogP contribution in [-0.4, -0.2) is 52.0 Å². The molecule has 0 bridgehead atoms.